The third kappa shape index (κ3) is 2.65. The Kier molecular flexibility index (Phi) is 4.00. The summed E-state index contributed by atoms with van der Waals surface area (Å²) >= 11 is 0. The first kappa shape index (κ1) is 14.8. The van der Waals surface area contributed by atoms with E-state index in [0.717, 1.165) is 12.8 Å². The molecule has 1 aromatic heterocycles. The summed E-state index contributed by atoms with van der Waals surface area (Å²) in [5.74, 6) is -0.386. The molecule has 1 aliphatic carbocycles. The Bertz CT molecular complexity index is 571. The van der Waals surface area contributed by atoms with Crippen molar-refractivity contribution in [2.45, 2.75) is 37.6 Å². The van der Waals surface area contributed by atoms with Gasteiger partial charge in [0.2, 0.25) is 5.91 Å². The highest BCUT2D eigenvalue weighted by Crippen LogP contribution is 2.31. The Labute approximate surface area is 129 Å². The van der Waals surface area contributed by atoms with Gasteiger partial charge in [-0.2, -0.15) is 5.10 Å². The van der Waals surface area contributed by atoms with Gasteiger partial charge in [-0.15, -0.1) is 0 Å². The Balaban J connectivity index is 1.64. The van der Waals surface area contributed by atoms with Crippen LogP contribution in [0.15, 0.2) is 30.6 Å². The van der Waals surface area contributed by atoms with Crippen molar-refractivity contribution in [3.05, 3.63) is 30.6 Å². The van der Waals surface area contributed by atoms with Crippen LogP contribution in [-0.2, 0) is 15.1 Å². The molecule has 1 fully saturated rings. The molecule has 1 amide bonds. The molecule has 1 aromatic rings. The van der Waals surface area contributed by atoms with Crippen molar-refractivity contribution < 1.29 is 14.7 Å². The maximum Gasteiger partial charge on any atom is 0.331 e. The molecule has 22 heavy (non-hydrogen) atoms. The maximum absolute atomic E-state index is 12.3. The van der Waals surface area contributed by atoms with E-state index in [0.29, 0.717) is 38.3 Å². The van der Waals surface area contributed by atoms with Crippen LogP contribution in [0.4, 0.5) is 0 Å². The Morgan fingerprint density at radius 2 is 2.09 bits per heavy atom. The second-order valence-corrected chi connectivity index (χ2v) is 6.14. The molecular weight excluding hydrogens is 282 g/mol. The molecule has 2 aliphatic rings. The Morgan fingerprint density at radius 1 is 1.32 bits per heavy atom. The van der Waals surface area contributed by atoms with E-state index in [1.54, 1.807) is 23.4 Å². The van der Waals surface area contributed by atoms with E-state index in [4.69, 9.17) is 0 Å². The number of aliphatic carboxylic acids is 1. The third-order valence-electron chi connectivity index (χ3n) is 4.83. The number of allylic oxidation sites excluding steroid dienone is 2. The molecule has 1 aliphatic heterocycles. The van der Waals surface area contributed by atoms with Gasteiger partial charge in [0.25, 0.3) is 0 Å². The van der Waals surface area contributed by atoms with E-state index in [1.165, 1.54) is 4.68 Å². The Hall–Kier alpha value is -2.11. The first-order valence-corrected chi connectivity index (χ1v) is 7.80. The van der Waals surface area contributed by atoms with Gasteiger partial charge in [0.15, 0.2) is 5.54 Å². The number of nitrogens with zero attached hydrogens (tertiary/aromatic N) is 3. The van der Waals surface area contributed by atoms with Crippen LogP contribution >= 0.6 is 0 Å². The topological polar surface area (TPSA) is 75.4 Å². The zero-order chi connectivity index (χ0) is 15.6. The van der Waals surface area contributed by atoms with Crippen molar-refractivity contribution >= 4 is 11.9 Å². The van der Waals surface area contributed by atoms with Crippen LogP contribution in [0.2, 0.25) is 0 Å². The maximum atomic E-state index is 12.3. The van der Waals surface area contributed by atoms with Gasteiger partial charge in [-0.1, -0.05) is 12.2 Å². The van der Waals surface area contributed by atoms with Gasteiger partial charge in [-0.05, 0) is 24.8 Å². The molecule has 0 radical (unpaired) electrons. The number of rotatable bonds is 4. The van der Waals surface area contributed by atoms with E-state index in [-0.39, 0.29) is 5.91 Å². The van der Waals surface area contributed by atoms with E-state index in [1.807, 2.05) is 0 Å². The summed E-state index contributed by atoms with van der Waals surface area (Å²) in [4.78, 5) is 25.9. The van der Waals surface area contributed by atoms with Gasteiger partial charge in [0, 0.05) is 44.7 Å². The van der Waals surface area contributed by atoms with Crippen molar-refractivity contribution in [3.63, 3.8) is 0 Å². The number of carbonyl (C=O) groups is 2. The minimum absolute atomic E-state index is 0.135. The number of carboxylic acids is 1. The van der Waals surface area contributed by atoms with Crippen molar-refractivity contribution in [2.75, 3.05) is 13.1 Å². The average molecular weight is 303 g/mol. The molecule has 3 rings (SSSR count). The SMILES string of the molecule is O=C(CC1C=CCC1)N1CCC(C(=O)O)(n2cccn2)CC1. The zero-order valence-corrected chi connectivity index (χ0v) is 12.5. The summed E-state index contributed by atoms with van der Waals surface area (Å²) in [7, 11) is 0. The van der Waals surface area contributed by atoms with Gasteiger partial charge < -0.3 is 10.0 Å². The van der Waals surface area contributed by atoms with Crippen LogP contribution in [0.5, 0.6) is 0 Å². The van der Waals surface area contributed by atoms with Crippen LogP contribution in [-0.4, -0.2) is 44.8 Å². The standard InChI is InChI=1S/C16H21N3O3/c20-14(12-13-4-1-2-5-13)18-10-6-16(7-11-18,15(21)22)19-9-3-8-17-19/h1,3-4,8-9,13H,2,5-7,10-12H2,(H,21,22). The van der Waals surface area contributed by atoms with E-state index >= 15 is 0 Å². The number of piperidine rings is 1. The first-order valence-electron chi connectivity index (χ1n) is 7.80. The summed E-state index contributed by atoms with van der Waals surface area (Å²) < 4.78 is 1.52. The van der Waals surface area contributed by atoms with Crippen molar-refractivity contribution in [1.82, 2.24) is 14.7 Å². The molecule has 118 valence electrons. The molecule has 6 nitrogen and oxygen atoms in total. The number of aromatic nitrogens is 2. The normalized spacial score (nSPS) is 23.6. The quantitative estimate of drug-likeness (QED) is 0.858. The molecule has 1 saturated heterocycles. The molecular formula is C16H21N3O3. The molecule has 1 N–H and O–H groups in total. The third-order valence-corrected chi connectivity index (χ3v) is 4.83. The molecule has 2 heterocycles. The number of carbonyl (C=O) groups excluding carboxylic acids is 1. The van der Waals surface area contributed by atoms with Crippen LogP contribution in [0.1, 0.15) is 32.1 Å². The monoisotopic (exact) mass is 303 g/mol. The fourth-order valence-corrected chi connectivity index (χ4v) is 3.41. The summed E-state index contributed by atoms with van der Waals surface area (Å²) in [5.41, 5.74) is -1.02. The smallest absolute Gasteiger partial charge is 0.331 e. The van der Waals surface area contributed by atoms with Crippen molar-refractivity contribution in [1.29, 1.82) is 0 Å². The molecule has 1 unspecified atom stereocenters. The summed E-state index contributed by atoms with van der Waals surface area (Å²) in [6.45, 7) is 0.947. The summed E-state index contributed by atoms with van der Waals surface area (Å²) in [6.07, 6.45) is 11.0. The lowest BCUT2D eigenvalue weighted by Gasteiger charge is -2.39. The fraction of sp³-hybridized carbons (Fsp3) is 0.562. The zero-order valence-electron chi connectivity index (χ0n) is 12.5. The highest BCUT2D eigenvalue weighted by atomic mass is 16.4. The predicted molar refractivity (Wildman–Crippen MR) is 80.1 cm³/mol. The number of hydrogen-bond donors (Lipinski definition) is 1. The summed E-state index contributed by atoms with van der Waals surface area (Å²) in [6, 6.07) is 1.73. The molecule has 1 atom stereocenters. The molecule has 0 aromatic carbocycles. The number of hydrogen-bond acceptors (Lipinski definition) is 3. The van der Waals surface area contributed by atoms with Crippen LogP contribution in [0.3, 0.4) is 0 Å². The molecule has 6 heteroatoms. The second kappa shape index (κ2) is 5.94. The summed E-state index contributed by atoms with van der Waals surface area (Å²) in [5, 5.41) is 13.8. The van der Waals surface area contributed by atoms with Crippen molar-refractivity contribution in [2.24, 2.45) is 5.92 Å². The highest BCUT2D eigenvalue weighted by Gasteiger charge is 2.44. The minimum atomic E-state index is -1.02. The van der Waals surface area contributed by atoms with Crippen LogP contribution in [0.25, 0.3) is 0 Å². The lowest BCUT2D eigenvalue weighted by Crippen LogP contribution is -2.52. The van der Waals surface area contributed by atoms with E-state index in [2.05, 4.69) is 17.3 Å². The lowest BCUT2D eigenvalue weighted by molar-refractivity contribution is -0.153. The number of amides is 1. The van der Waals surface area contributed by atoms with Gasteiger partial charge in [0.05, 0.1) is 0 Å². The predicted octanol–water partition coefficient (Wildman–Crippen LogP) is 1.64. The second-order valence-electron chi connectivity index (χ2n) is 6.14. The molecule has 0 spiro atoms. The number of likely N-dealkylation sites (tertiary alicyclic amines) is 1. The highest BCUT2D eigenvalue weighted by molar-refractivity contribution is 5.79. The van der Waals surface area contributed by atoms with Crippen molar-refractivity contribution in [3.8, 4) is 0 Å². The minimum Gasteiger partial charge on any atom is -0.479 e. The van der Waals surface area contributed by atoms with E-state index in [9.17, 15) is 14.7 Å². The largest absolute Gasteiger partial charge is 0.479 e. The first-order chi connectivity index (χ1) is 10.6. The van der Waals surface area contributed by atoms with E-state index < -0.39 is 11.5 Å². The number of carboxylic acid groups (broad SMARTS) is 1. The Morgan fingerprint density at radius 3 is 2.64 bits per heavy atom. The lowest BCUT2D eigenvalue weighted by atomic mass is 9.87. The van der Waals surface area contributed by atoms with Crippen LogP contribution < -0.4 is 0 Å². The van der Waals surface area contributed by atoms with Gasteiger partial charge in [-0.3, -0.25) is 9.48 Å². The van der Waals surface area contributed by atoms with Crippen LogP contribution in [0, 0.1) is 5.92 Å². The average Bonchev–Trinajstić information content (AvgIpc) is 3.20. The molecule has 0 saturated carbocycles. The fourth-order valence-electron chi connectivity index (χ4n) is 3.41. The van der Waals surface area contributed by atoms with Gasteiger partial charge in [-0.25, -0.2) is 4.79 Å². The van der Waals surface area contributed by atoms with Gasteiger partial charge >= 0.3 is 5.97 Å². The molecule has 0 bridgehead atoms. The van der Waals surface area contributed by atoms with Gasteiger partial charge in [0.1, 0.15) is 0 Å².